The van der Waals surface area contributed by atoms with Crippen molar-refractivity contribution in [1.82, 2.24) is 15.1 Å². The van der Waals surface area contributed by atoms with Crippen LogP contribution in [-0.4, -0.2) is 15.7 Å². The van der Waals surface area contributed by atoms with E-state index in [1.807, 2.05) is 79.0 Å². The van der Waals surface area contributed by atoms with Gasteiger partial charge >= 0.3 is 0 Å². The number of carbonyl (C=O) groups excluding carboxylic acids is 1. The molecule has 1 amide bonds. The first-order chi connectivity index (χ1) is 13.3. The molecule has 0 saturated carbocycles. The molecule has 0 fully saturated rings. The molecule has 0 aliphatic carbocycles. The molecule has 132 valence electrons. The maximum atomic E-state index is 12.4. The highest BCUT2D eigenvalue weighted by Crippen LogP contribution is 2.19. The van der Waals surface area contributed by atoms with Crippen LogP contribution >= 0.6 is 0 Å². The van der Waals surface area contributed by atoms with Crippen LogP contribution in [0, 0.1) is 0 Å². The molecule has 4 aromatic rings. The van der Waals surface area contributed by atoms with E-state index in [1.54, 1.807) is 10.9 Å². The zero-order chi connectivity index (χ0) is 18.5. The summed E-state index contributed by atoms with van der Waals surface area (Å²) in [6.45, 7) is 0.485. The first-order valence-electron chi connectivity index (χ1n) is 8.82. The van der Waals surface area contributed by atoms with Crippen molar-refractivity contribution in [2.24, 2.45) is 0 Å². The second kappa shape index (κ2) is 7.70. The van der Waals surface area contributed by atoms with Crippen molar-refractivity contribution in [3.8, 4) is 16.8 Å². The molecule has 0 spiro atoms. The Labute approximate surface area is 158 Å². The van der Waals surface area contributed by atoms with Gasteiger partial charge in [-0.1, -0.05) is 54.6 Å². The van der Waals surface area contributed by atoms with E-state index in [0.29, 0.717) is 12.1 Å². The van der Waals surface area contributed by atoms with Gasteiger partial charge in [-0.05, 0) is 47.0 Å². The third-order valence-electron chi connectivity index (χ3n) is 4.41. The summed E-state index contributed by atoms with van der Waals surface area (Å²) in [4.78, 5) is 12.4. The topological polar surface area (TPSA) is 46.9 Å². The van der Waals surface area contributed by atoms with E-state index >= 15 is 0 Å². The molecule has 0 saturated heterocycles. The minimum absolute atomic E-state index is 0.0780. The van der Waals surface area contributed by atoms with E-state index in [1.165, 1.54) is 0 Å². The molecule has 4 heteroatoms. The van der Waals surface area contributed by atoms with E-state index in [9.17, 15) is 4.79 Å². The number of carbonyl (C=O) groups is 1. The van der Waals surface area contributed by atoms with Crippen LogP contribution in [0.15, 0.2) is 97.3 Å². The van der Waals surface area contributed by atoms with Crippen molar-refractivity contribution in [3.63, 3.8) is 0 Å². The first-order valence-corrected chi connectivity index (χ1v) is 8.82. The van der Waals surface area contributed by atoms with Crippen LogP contribution in [0.1, 0.15) is 15.9 Å². The number of nitrogens with one attached hydrogen (secondary N) is 1. The fraction of sp³-hybridized carbons (Fsp3) is 0.0435. The van der Waals surface area contributed by atoms with E-state index in [-0.39, 0.29) is 5.91 Å². The molecular formula is C23H19N3O. The Hall–Kier alpha value is -3.66. The zero-order valence-electron chi connectivity index (χ0n) is 14.7. The molecule has 0 aliphatic heterocycles. The van der Waals surface area contributed by atoms with Crippen LogP contribution < -0.4 is 5.32 Å². The first kappa shape index (κ1) is 16.8. The SMILES string of the molecule is O=C(NCc1ccc(-n2cccn2)cc1)c1ccc(-c2ccccc2)cc1. The van der Waals surface area contributed by atoms with Gasteiger partial charge in [-0.3, -0.25) is 4.79 Å². The highest BCUT2D eigenvalue weighted by atomic mass is 16.1. The van der Waals surface area contributed by atoms with Crippen molar-refractivity contribution in [3.05, 3.63) is 108 Å². The van der Waals surface area contributed by atoms with Crippen molar-refractivity contribution < 1.29 is 4.79 Å². The summed E-state index contributed by atoms with van der Waals surface area (Å²) in [7, 11) is 0. The molecule has 1 aromatic heterocycles. The van der Waals surface area contributed by atoms with Crippen LogP contribution in [0.3, 0.4) is 0 Å². The van der Waals surface area contributed by atoms with Crippen LogP contribution in [0.4, 0.5) is 0 Å². The number of hydrogen-bond acceptors (Lipinski definition) is 2. The minimum Gasteiger partial charge on any atom is -0.348 e. The van der Waals surface area contributed by atoms with Gasteiger partial charge in [-0.25, -0.2) is 4.68 Å². The van der Waals surface area contributed by atoms with Gasteiger partial charge in [-0.2, -0.15) is 5.10 Å². The standard InChI is InChI=1S/C23H19N3O/c27-23(21-11-9-20(10-12-21)19-5-2-1-3-6-19)24-17-18-7-13-22(14-8-18)26-16-4-15-25-26/h1-16H,17H2,(H,24,27). The van der Waals surface area contributed by atoms with Crippen LogP contribution in [-0.2, 0) is 6.54 Å². The van der Waals surface area contributed by atoms with Crippen molar-refractivity contribution >= 4 is 5.91 Å². The normalized spacial score (nSPS) is 10.5. The molecule has 1 N–H and O–H groups in total. The number of aromatic nitrogens is 2. The third kappa shape index (κ3) is 3.96. The maximum Gasteiger partial charge on any atom is 0.251 e. The third-order valence-corrected chi connectivity index (χ3v) is 4.41. The van der Waals surface area contributed by atoms with Crippen molar-refractivity contribution in [2.45, 2.75) is 6.54 Å². The summed E-state index contributed by atoms with van der Waals surface area (Å²) in [6, 6.07) is 27.6. The van der Waals surface area contributed by atoms with Gasteiger partial charge in [0.25, 0.3) is 5.91 Å². The Morgan fingerprint density at radius 2 is 1.52 bits per heavy atom. The number of benzene rings is 3. The minimum atomic E-state index is -0.0780. The predicted octanol–water partition coefficient (Wildman–Crippen LogP) is 4.47. The number of rotatable bonds is 5. The van der Waals surface area contributed by atoms with Gasteiger partial charge in [-0.15, -0.1) is 0 Å². The average molecular weight is 353 g/mol. The lowest BCUT2D eigenvalue weighted by atomic mass is 10.0. The highest BCUT2D eigenvalue weighted by molar-refractivity contribution is 5.94. The molecule has 0 atom stereocenters. The quantitative estimate of drug-likeness (QED) is 0.575. The lowest BCUT2D eigenvalue weighted by molar-refractivity contribution is 0.0951. The molecule has 1 heterocycles. The van der Waals surface area contributed by atoms with Gasteiger partial charge in [0.2, 0.25) is 0 Å². The number of amides is 1. The summed E-state index contributed by atoms with van der Waals surface area (Å²) in [5.41, 5.74) is 4.93. The Balaban J connectivity index is 1.38. The van der Waals surface area contributed by atoms with Crippen LogP contribution in [0.25, 0.3) is 16.8 Å². The molecule has 27 heavy (non-hydrogen) atoms. The number of nitrogens with zero attached hydrogens (tertiary/aromatic N) is 2. The fourth-order valence-electron chi connectivity index (χ4n) is 2.92. The fourth-order valence-corrected chi connectivity index (χ4v) is 2.92. The Kier molecular flexibility index (Phi) is 4.79. The van der Waals surface area contributed by atoms with E-state index in [2.05, 4.69) is 22.5 Å². The van der Waals surface area contributed by atoms with Gasteiger partial charge < -0.3 is 5.32 Å². The van der Waals surface area contributed by atoms with Crippen LogP contribution in [0.5, 0.6) is 0 Å². The molecule has 0 unspecified atom stereocenters. The Morgan fingerprint density at radius 3 is 2.19 bits per heavy atom. The Bertz CT molecular complexity index is 1010. The largest absolute Gasteiger partial charge is 0.348 e. The summed E-state index contributed by atoms with van der Waals surface area (Å²) < 4.78 is 1.80. The monoisotopic (exact) mass is 353 g/mol. The Morgan fingerprint density at radius 1 is 0.815 bits per heavy atom. The van der Waals surface area contributed by atoms with E-state index < -0.39 is 0 Å². The molecule has 4 nitrogen and oxygen atoms in total. The van der Waals surface area contributed by atoms with Gasteiger partial charge in [0.1, 0.15) is 0 Å². The van der Waals surface area contributed by atoms with Crippen LogP contribution in [0.2, 0.25) is 0 Å². The predicted molar refractivity (Wildman–Crippen MR) is 107 cm³/mol. The molecule has 0 aliphatic rings. The summed E-state index contributed by atoms with van der Waals surface area (Å²) in [5, 5.41) is 7.17. The van der Waals surface area contributed by atoms with Crippen molar-refractivity contribution in [2.75, 3.05) is 0 Å². The van der Waals surface area contributed by atoms with E-state index in [0.717, 1.165) is 22.4 Å². The second-order valence-corrected chi connectivity index (χ2v) is 6.24. The summed E-state index contributed by atoms with van der Waals surface area (Å²) in [6.07, 6.45) is 3.65. The average Bonchev–Trinajstić information content (AvgIpc) is 3.28. The summed E-state index contributed by atoms with van der Waals surface area (Å²) in [5.74, 6) is -0.0780. The van der Waals surface area contributed by atoms with Gasteiger partial charge in [0.05, 0.1) is 5.69 Å². The second-order valence-electron chi connectivity index (χ2n) is 6.24. The summed E-state index contributed by atoms with van der Waals surface area (Å²) >= 11 is 0. The lowest BCUT2D eigenvalue weighted by Crippen LogP contribution is -2.22. The molecule has 4 rings (SSSR count). The smallest absolute Gasteiger partial charge is 0.251 e. The zero-order valence-corrected chi connectivity index (χ0v) is 14.7. The number of hydrogen-bond donors (Lipinski definition) is 1. The van der Waals surface area contributed by atoms with Gasteiger partial charge in [0.15, 0.2) is 0 Å². The lowest BCUT2D eigenvalue weighted by Gasteiger charge is -2.08. The molecule has 3 aromatic carbocycles. The maximum absolute atomic E-state index is 12.4. The van der Waals surface area contributed by atoms with Crippen molar-refractivity contribution in [1.29, 1.82) is 0 Å². The molecular weight excluding hydrogens is 334 g/mol. The molecule has 0 radical (unpaired) electrons. The van der Waals surface area contributed by atoms with Gasteiger partial charge in [0, 0.05) is 24.5 Å². The van der Waals surface area contributed by atoms with E-state index in [4.69, 9.17) is 0 Å². The highest BCUT2D eigenvalue weighted by Gasteiger charge is 2.06. The molecule has 0 bridgehead atoms.